The van der Waals surface area contributed by atoms with Gasteiger partial charge in [-0.3, -0.25) is 28.9 Å². The summed E-state index contributed by atoms with van der Waals surface area (Å²) >= 11 is 0. The predicted octanol–water partition coefficient (Wildman–Crippen LogP) is 4.33. The minimum atomic E-state index is -1.47. The van der Waals surface area contributed by atoms with Gasteiger partial charge in [-0.05, 0) is 104 Å². The van der Waals surface area contributed by atoms with Crippen molar-refractivity contribution in [3.05, 3.63) is 71.8 Å². The average Bonchev–Trinajstić information content (AvgIpc) is 3.48. The number of aliphatic carboxylic acids is 1. The van der Waals surface area contributed by atoms with E-state index < -0.39 is 83.3 Å². The van der Waals surface area contributed by atoms with Gasteiger partial charge in [-0.2, -0.15) is 0 Å². The third kappa shape index (κ3) is 15.2. The van der Waals surface area contributed by atoms with Gasteiger partial charge in [0.2, 0.25) is 23.6 Å². The lowest BCUT2D eigenvalue weighted by Gasteiger charge is -2.40. The van der Waals surface area contributed by atoms with E-state index in [1.54, 1.807) is 48.5 Å². The van der Waals surface area contributed by atoms with Crippen molar-refractivity contribution >= 4 is 41.8 Å². The first-order valence-electron chi connectivity index (χ1n) is 22.2. The van der Waals surface area contributed by atoms with Crippen LogP contribution in [-0.4, -0.2) is 135 Å². The second-order valence-electron chi connectivity index (χ2n) is 19.1. The quantitative estimate of drug-likeness (QED) is 0.132. The molecule has 6 N–H and O–H groups in total. The molecule has 0 aliphatic carbocycles. The number of ether oxygens (including phenoxy) is 2. The summed E-state index contributed by atoms with van der Waals surface area (Å²) in [7, 11) is 0. The Morgan fingerprint density at radius 2 is 1.50 bits per heavy atom. The molecule has 2 heterocycles. The number of unbranched alkanes of at least 4 members (excludes halogenated alkanes) is 1. The number of hydrogen-bond donors (Lipinski definition) is 5. The van der Waals surface area contributed by atoms with Crippen LogP contribution in [0, 0.1) is 0 Å². The third-order valence-electron chi connectivity index (χ3n) is 11.3. The largest absolute Gasteiger partial charge is 0.480 e. The van der Waals surface area contributed by atoms with Crippen molar-refractivity contribution in [1.29, 1.82) is 0 Å². The monoisotopic (exact) mass is 892 g/mol. The number of amides is 6. The molecule has 2 aromatic rings. The molecule has 2 fully saturated rings. The molecule has 2 aliphatic heterocycles. The molecule has 6 amide bonds. The molecule has 352 valence electrons. The number of nitrogens with zero attached hydrogens (tertiary/aromatic N) is 3. The fraction of sp³-hybridized carbons (Fsp3) is 0.596. The van der Waals surface area contributed by atoms with Crippen molar-refractivity contribution < 1.29 is 48.1 Å². The molecule has 0 saturated carbocycles. The number of alkyl carbamates (subject to hydrolysis) is 1. The van der Waals surface area contributed by atoms with E-state index in [9.17, 15) is 38.7 Å². The highest BCUT2D eigenvalue weighted by atomic mass is 16.6. The van der Waals surface area contributed by atoms with Gasteiger partial charge in [-0.1, -0.05) is 67.6 Å². The maximum atomic E-state index is 14.4. The second kappa shape index (κ2) is 22.3. The smallest absolute Gasteiger partial charge is 0.410 e. The molecule has 0 bridgehead atoms. The van der Waals surface area contributed by atoms with E-state index in [-0.39, 0.29) is 70.1 Å². The van der Waals surface area contributed by atoms with Gasteiger partial charge in [0.15, 0.2) is 0 Å². The van der Waals surface area contributed by atoms with Gasteiger partial charge in [0.25, 0.3) is 0 Å². The number of hydrogen-bond acceptors (Lipinski definition) is 10. The number of nitrogens with two attached hydrogens (primary N) is 1. The Morgan fingerprint density at radius 3 is 2.08 bits per heavy atom. The highest BCUT2D eigenvalue weighted by Gasteiger charge is 2.47. The number of rotatable bonds is 18. The van der Waals surface area contributed by atoms with E-state index in [0.29, 0.717) is 12.8 Å². The molecule has 0 aromatic heterocycles. The number of carboxylic acids is 1. The normalized spacial score (nSPS) is 18.9. The number of likely N-dealkylation sites (tertiary alicyclic amines) is 2. The topological polar surface area (TPSA) is 230 Å². The molecule has 64 heavy (non-hydrogen) atoms. The van der Waals surface area contributed by atoms with Crippen LogP contribution in [0.5, 0.6) is 0 Å². The van der Waals surface area contributed by atoms with Crippen LogP contribution in [0.25, 0.3) is 0 Å². The molecular weight excluding hydrogens is 823 g/mol. The number of benzene rings is 2. The van der Waals surface area contributed by atoms with E-state index >= 15 is 0 Å². The summed E-state index contributed by atoms with van der Waals surface area (Å²) in [6, 6.07) is 15.0. The summed E-state index contributed by atoms with van der Waals surface area (Å²) in [5.41, 5.74) is 4.86. The Kier molecular flexibility index (Phi) is 17.7. The highest BCUT2D eigenvalue weighted by molar-refractivity contribution is 5.96. The average molecular weight is 892 g/mol. The molecule has 0 radical (unpaired) electrons. The van der Waals surface area contributed by atoms with E-state index in [0.717, 1.165) is 11.1 Å². The summed E-state index contributed by atoms with van der Waals surface area (Å²) < 4.78 is 11.0. The molecule has 2 aromatic carbocycles. The number of carboxylic acid groups (broad SMARTS) is 1. The molecule has 17 nitrogen and oxygen atoms in total. The highest BCUT2D eigenvalue weighted by Crippen LogP contribution is 2.28. The van der Waals surface area contributed by atoms with Crippen molar-refractivity contribution in [2.45, 2.75) is 147 Å². The number of carbonyl (C=O) groups excluding carboxylic acids is 6. The first-order chi connectivity index (χ1) is 30.0. The summed E-state index contributed by atoms with van der Waals surface area (Å²) in [6.07, 6.45) is 0.237. The molecule has 2 saturated heterocycles. The van der Waals surface area contributed by atoms with Crippen LogP contribution in [0.2, 0.25) is 0 Å². The summed E-state index contributed by atoms with van der Waals surface area (Å²) in [6.45, 7) is 14.4. The van der Waals surface area contributed by atoms with Crippen LogP contribution in [-0.2, 0) is 39.9 Å². The Labute approximate surface area is 377 Å². The van der Waals surface area contributed by atoms with Crippen LogP contribution in [0.4, 0.5) is 9.59 Å². The Hall–Kier alpha value is -5.71. The van der Waals surface area contributed by atoms with Crippen LogP contribution in [0.1, 0.15) is 111 Å². The zero-order chi connectivity index (χ0) is 47.4. The first-order valence-corrected chi connectivity index (χ1v) is 22.2. The van der Waals surface area contributed by atoms with E-state index in [1.807, 2.05) is 67.6 Å². The minimum Gasteiger partial charge on any atom is -0.480 e. The fourth-order valence-electron chi connectivity index (χ4n) is 7.93. The van der Waals surface area contributed by atoms with Crippen LogP contribution in [0.15, 0.2) is 60.7 Å². The van der Waals surface area contributed by atoms with Gasteiger partial charge in [0, 0.05) is 38.6 Å². The van der Waals surface area contributed by atoms with E-state index in [1.165, 1.54) is 14.7 Å². The number of nitrogens with one attached hydrogen (secondary N) is 3. The second-order valence-corrected chi connectivity index (χ2v) is 19.1. The SMILES string of the molecule is CC1C[C@@H](NC(=O)[C@@H](Cc2ccccc2)NC(=O)CN(C[C@@H](C)c2ccccc2)C(=O)OC(C)(C)C)C(=O)N1[C@H](CCCCNC(=O)OC(C)(C)C)C(=O)N1CCC(N)(C(=O)O)CC1. The van der Waals surface area contributed by atoms with Gasteiger partial charge in [-0.15, -0.1) is 0 Å². The maximum Gasteiger partial charge on any atom is 0.410 e. The van der Waals surface area contributed by atoms with Gasteiger partial charge in [-0.25, -0.2) is 9.59 Å². The molecular formula is C47H69N7O10. The molecule has 0 spiro atoms. The fourth-order valence-corrected chi connectivity index (χ4v) is 7.93. The number of carbonyl (C=O) groups is 7. The summed E-state index contributed by atoms with van der Waals surface area (Å²) in [5, 5.41) is 18.1. The van der Waals surface area contributed by atoms with Gasteiger partial charge >= 0.3 is 18.2 Å². The standard InChI is InChI=1S/C47H69N7O10/c1-31(34-19-13-10-14-20-34)29-53(44(62)64-46(6,7)8)30-38(55)50-35(28-33-17-11-9-12-18-33)39(56)51-36-27-32(2)54(40(36)57)37(21-15-16-24-49-43(61)63-45(3,4)5)41(58)52-25-22-47(48,23-26-52)42(59)60/h9-14,17-20,31-32,35-37H,15-16,21-30,48H2,1-8H3,(H,49,61)(H,50,55)(H,51,56)(H,59,60)/t31-,32?,35-,36-,37-/m1/s1. The van der Waals surface area contributed by atoms with Crippen LogP contribution in [0.3, 0.4) is 0 Å². The molecule has 5 atom stereocenters. The molecule has 1 unspecified atom stereocenters. The third-order valence-corrected chi connectivity index (χ3v) is 11.3. The predicted molar refractivity (Wildman–Crippen MR) is 240 cm³/mol. The minimum absolute atomic E-state index is 0.0406. The number of piperidine rings is 1. The zero-order valence-electron chi connectivity index (χ0n) is 38.7. The lowest BCUT2D eigenvalue weighted by Crippen LogP contribution is -2.60. The van der Waals surface area contributed by atoms with Gasteiger partial charge < -0.3 is 46.1 Å². The molecule has 4 rings (SSSR count). The molecule has 17 heteroatoms. The molecule has 2 aliphatic rings. The Bertz CT molecular complexity index is 1930. The van der Waals surface area contributed by atoms with Gasteiger partial charge in [0.05, 0.1) is 0 Å². The van der Waals surface area contributed by atoms with E-state index in [2.05, 4.69) is 16.0 Å². The Morgan fingerprint density at radius 1 is 0.906 bits per heavy atom. The van der Waals surface area contributed by atoms with Crippen molar-refractivity contribution in [3.63, 3.8) is 0 Å². The van der Waals surface area contributed by atoms with Crippen LogP contribution < -0.4 is 21.7 Å². The van der Waals surface area contributed by atoms with Crippen molar-refractivity contribution in [2.75, 3.05) is 32.7 Å². The summed E-state index contributed by atoms with van der Waals surface area (Å²) in [5.74, 6) is -3.35. The Balaban J connectivity index is 1.51. The lowest BCUT2D eigenvalue weighted by molar-refractivity contribution is -0.151. The maximum absolute atomic E-state index is 14.4. The van der Waals surface area contributed by atoms with E-state index in [4.69, 9.17) is 15.2 Å². The van der Waals surface area contributed by atoms with Crippen molar-refractivity contribution in [2.24, 2.45) is 5.73 Å². The van der Waals surface area contributed by atoms with Crippen molar-refractivity contribution in [1.82, 2.24) is 30.7 Å². The summed E-state index contributed by atoms with van der Waals surface area (Å²) in [4.78, 5) is 98.6. The van der Waals surface area contributed by atoms with Crippen LogP contribution >= 0.6 is 0 Å². The first kappa shape index (κ1) is 50.9. The van der Waals surface area contributed by atoms with Gasteiger partial charge in [0.1, 0.15) is 41.4 Å². The lowest BCUT2D eigenvalue weighted by atomic mass is 9.88. The van der Waals surface area contributed by atoms with Crippen molar-refractivity contribution in [3.8, 4) is 0 Å². The zero-order valence-corrected chi connectivity index (χ0v) is 38.7.